The predicted octanol–water partition coefficient (Wildman–Crippen LogP) is 11.9. The molecule has 0 saturated heterocycles. The van der Waals surface area contributed by atoms with Crippen LogP contribution >= 0.6 is 15.2 Å². The van der Waals surface area contributed by atoms with Gasteiger partial charge in [0.1, 0.15) is 0 Å². The lowest BCUT2D eigenvalue weighted by Crippen LogP contribution is -2.06. The molecule has 1 aromatic carbocycles. The number of rotatable bonds is 24. The smallest absolute Gasteiger partial charge is 0.0614 e. The largest absolute Gasteiger partial charge is 0.0654 e. The van der Waals surface area contributed by atoms with Crippen molar-refractivity contribution in [2.75, 3.05) is 18.5 Å². The van der Waals surface area contributed by atoms with Gasteiger partial charge in [0.25, 0.3) is 0 Å². The Kier molecular flexibility index (Phi) is 21.2. The van der Waals surface area contributed by atoms with E-state index in [2.05, 4.69) is 51.1 Å². The Bertz CT molecular complexity index is 472. The maximum Gasteiger partial charge on any atom is 0.0614 e. The van der Waals surface area contributed by atoms with E-state index in [-0.39, 0.29) is 0 Å². The second-order valence-electron chi connectivity index (χ2n) is 10.4. The van der Waals surface area contributed by atoms with Gasteiger partial charge in [-0.1, -0.05) is 128 Å². The average molecular weight is 494 g/mol. The Morgan fingerprint density at radius 1 is 0.485 bits per heavy atom. The van der Waals surface area contributed by atoms with Gasteiger partial charge in [-0.3, -0.25) is 0 Å². The van der Waals surface area contributed by atoms with Gasteiger partial charge in [-0.05, 0) is 44.1 Å². The molecule has 0 radical (unpaired) electrons. The standard InChI is InChI=1S/C31H59P2/c1-4-7-10-13-16-22-27-33(28-23-17-14-11-8-5-2,29-24-18-15-12-9-6-3)32-30-31-25-20-19-21-26-31/h19-21,25-26,32H,4-18,22-24,27-30H2,1-3H3/q+1. The average Bonchev–Trinajstić information content (AvgIpc) is 2.85. The summed E-state index contributed by atoms with van der Waals surface area (Å²) in [6.07, 6.45) is 32.4. The van der Waals surface area contributed by atoms with E-state index in [1.807, 2.05) is 0 Å². The summed E-state index contributed by atoms with van der Waals surface area (Å²) in [6.45, 7) is 6.21. The van der Waals surface area contributed by atoms with E-state index in [1.165, 1.54) is 130 Å². The highest BCUT2D eigenvalue weighted by atomic mass is 32.1. The summed E-state index contributed by atoms with van der Waals surface area (Å²) in [7, 11) is 1.22. The van der Waals surface area contributed by atoms with Crippen LogP contribution in [0.2, 0.25) is 0 Å². The van der Waals surface area contributed by atoms with Crippen molar-refractivity contribution in [3.05, 3.63) is 35.9 Å². The molecule has 0 nitrogen and oxygen atoms in total. The minimum Gasteiger partial charge on any atom is -0.0654 e. The summed E-state index contributed by atoms with van der Waals surface area (Å²) in [5.74, 6) is 0. The van der Waals surface area contributed by atoms with Crippen LogP contribution in [0.3, 0.4) is 0 Å². The maximum atomic E-state index is 2.38. The van der Waals surface area contributed by atoms with Crippen LogP contribution in [0, 0.1) is 0 Å². The zero-order valence-electron chi connectivity index (χ0n) is 22.9. The molecular formula is C31H59P2+. The molecule has 1 aromatic rings. The van der Waals surface area contributed by atoms with E-state index in [9.17, 15) is 0 Å². The van der Waals surface area contributed by atoms with E-state index >= 15 is 0 Å². The Hall–Kier alpha value is 0.0800. The Morgan fingerprint density at radius 2 is 0.848 bits per heavy atom. The van der Waals surface area contributed by atoms with Crippen LogP contribution in [-0.4, -0.2) is 18.5 Å². The lowest BCUT2D eigenvalue weighted by Gasteiger charge is -2.28. The summed E-state index contributed by atoms with van der Waals surface area (Å²) in [4.78, 5) is 0. The molecule has 0 aliphatic rings. The molecule has 0 fully saturated rings. The number of benzene rings is 1. The first-order valence-corrected chi connectivity index (χ1v) is 19.3. The van der Waals surface area contributed by atoms with Gasteiger partial charge in [-0.15, -0.1) is 0 Å². The van der Waals surface area contributed by atoms with Crippen molar-refractivity contribution in [1.29, 1.82) is 0 Å². The van der Waals surface area contributed by atoms with Gasteiger partial charge in [0, 0.05) is 21.4 Å². The summed E-state index contributed by atoms with van der Waals surface area (Å²) in [5, 5.41) is 0. The zero-order valence-corrected chi connectivity index (χ0v) is 24.8. The fourth-order valence-electron chi connectivity index (χ4n) is 5.01. The second kappa shape index (κ2) is 22.5. The van der Waals surface area contributed by atoms with Gasteiger partial charge < -0.3 is 0 Å². The molecule has 0 heterocycles. The van der Waals surface area contributed by atoms with Gasteiger partial charge in [-0.25, -0.2) is 0 Å². The quantitative estimate of drug-likeness (QED) is 0.0992. The lowest BCUT2D eigenvalue weighted by molar-refractivity contribution is 0.617. The molecular weight excluding hydrogens is 434 g/mol. The number of hydrogen-bond donors (Lipinski definition) is 0. The minimum atomic E-state index is -0.801. The van der Waals surface area contributed by atoms with E-state index in [1.54, 1.807) is 24.0 Å². The Morgan fingerprint density at radius 3 is 1.24 bits per heavy atom. The van der Waals surface area contributed by atoms with Crippen LogP contribution < -0.4 is 0 Å². The summed E-state index contributed by atoms with van der Waals surface area (Å²) >= 11 is 0. The van der Waals surface area contributed by atoms with Gasteiger partial charge in [0.15, 0.2) is 0 Å². The lowest BCUT2D eigenvalue weighted by atomic mass is 10.1. The van der Waals surface area contributed by atoms with E-state index in [0.717, 1.165) is 0 Å². The summed E-state index contributed by atoms with van der Waals surface area (Å²) < 4.78 is 0. The Balaban J connectivity index is 2.68. The van der Waals surface area contributed by atoms with Crippen LogP contribution in [0.15, 0.2) is 30.3 Å². The topological polar surface area (TPSA) is 0 Å². The minimum absolute atomic E-state index is 0.801. The van der Waals surface area contributed by atoms with Gasteiger partial charge in [-0.2, -0.15) is 0 Å². The highest BCUT2D eigenvalue weighted by molar-refractivity contribution is 8.31. The Labute approximate surface area is 211 Å². The van der Waals surface area contributed by atoms with Crippen molar-refractivity contribution in [1.82, 2.24) is 0 Å². The van der Waals surface area contributed by atoms with Gasteiger partial charge in [0.2, 0.25) is 0 Å². The molecule has 0 bridgehead atoms. The molecule has 1 atom stereocenters. The van der Waals surface area contributed by atoms with E-state index < -0.39 is 6.95 Å². The third-order valence-electron chi connectivity index (χ3n) is 7.28. The van der Waals surface area contributed by atoms with Crippen molar-refractivity contribution in [3.8, 4) is 0 Å². The van der Waals surface area contributed by atoms with Crippen molar-refractivity contribution < 1.29 is 0 Å². The first-order chi connectivity index (χ1) is 16.3. The van der Waals surface area contributed by atoms with Gasteiger partial charge >= 0.3 is 0 Å². The van der Waals surface area contributed by atoms with Crippen molar-refractivity contribution >= 4 is 15.2 Å². The summed E-state index contributed by atoms with van der Waals surface area (Å²) in [6, 6.07) is 11.4. The van der Waals surface area contributed by atoms with E-state index in [0.29, 0.717) is 0 Å². The fraction of sp³-hybridized carbons (Fsp3) is 0.806. The second-order valence-corrected chi connectivity index (χ2v) is 18.5. The highest BCUT2D eigenvalue weighted by Gasteiger charge is 2.35. The molecule has 0 spiro atoms. The zero-order chi connectivity index (χ0) is 23.9. The van der Waals surface area contributed by atoms with Crippen LogP contribution in [0.25, 0.3) is 0 Å². The molecule has 0 aromatic heterocycles. The molecule has 2 heteroatoms. The molecule has 0 saturated carbocycles. The van der Waals surface area contributed by atoms with Crippen molar-refractivity contribution in [2.45, 2.75) is 143 Å². The molecule has 0 aliphatic heterocycles. The third kappa shape index (κ3) is 17.2. The maximum absolute atomic E-state index is 2.38. The van der Waals surface area contributed by atoms with Crippen LogP contribution in [0.5, 0.6) is 0 Å². The first kappa shape index (κ1) is 31.1. The molecule has 33 heavy (non-hydrogen) atoms. The fourth-order valence-corrected chi connectivity index (χ4v) is 13.8. The van der Waals surface area contributed by atoms with Gasteiger partial charge in [0.05, 0.1) is 18.5 Å². The molecule has 1 unspecified atom stereocenters. The van der Waals surface area contributed by atoms with Crippen molar-refractivity contribution in [2.24, 2.45) is 0 Å². The molecule has 1 rings (SSSR count). The molecule has 192 valence electrons. The molecule has 0 aliphatic carbocycles. The SMILES string of the molecule is CCCCCCCC[P+](CCCCCCCC)(CCCCCCCC)PCc1ccccc1. The molecule has 0 N–H and O–H groups in total. The number of unbranched alkanes of at least 4 members (excludes halogenated alkanes) is 15. The van der Waals surface area contributed by atoms with E-state index in [4.69, 9.17) is 0 Å². The van der Waals surface area contributed by atoms with Crippen LogP contribution in [0.4, 0.5) is 0 Å². The van der Waals surface area contributed by atoms with Crippen LogP contribution in [0.1, 0.15) is 142 Å². The summed E-state index contributed by atoms with van der Waals surface area (Å²) in [5.41, 5.74) is 1.59. The van der Waals surface area contributed by atoms with Crippen molar-refractivity contribution in [3.63, 3.8) is 0 Å². The monoisotopic (exact) mass is 493 g/mol. The normalized spacial score (nSPS) is 12.2. The molecule has 0 amide bonds. The van der Waals surface area contributed by atoms with Crippen LogP contribution in [-0.2, 0) is 6.16 Å². The first-order valence-electron chi connectivity index (χ1n) is 14.9. The highest BCUT2D eigenvalue weighted by Crippen LogP contribution is 2.76. The number of hydrogen-bond acceptors (Lipinski definition) is 0. The predicted molar refractivity (Wildman–Crippen MR) is 160 cm³/mol. The third-order valence-corrected chi connectivity index (χ3v) is 16.5.